The van der Waals surface area contributed by atoms with Crippen LogP contribution in [0.1, 0.15) is 46.3 Å². The van der Waals surface area contributed by atoms with Crippen LogP contribution in [0.5, 0.6) is 0 Å². The molecule has 102 valence electrons. The first-order chi connectivity index (χ1) is 8.29. The van der Waals surface area contributed by atoms with Crippen LogP contribution in [0.3, 0.4) is 0 Å². The first-order valence-electron chi connectivity index (χ1n) is 6.85. The second-order valence-electron chi connectivity index (χ2n) is 6.82. The molecule has 2 N–H and O–H groups in total. The Balaban J connectivity index is 2.03. The van der Waals surface area contributed by atoms with Crippen molar-refractivity contribution in [3.05, 3.63) is 24.2 Å². The normalized spacial score (nSPS) is 17.4. The minimum atomic E-state index is -0.177. The Hall–Kier alpha value is -0.800. The summed E-state index contributed by atoms with van der Waals surface area (Å²) in [4.78, 5) is 2.52. The summed E-state index contributed by atoms with van der Waals surface area (Å²) in [7, 11) is 0. The Morgan fingerprint density at radius 3 is 2.44 bits per heavy atom. The SMILES string of the molecule is CC(C)(N)C(C)(C)CN(Cc1ccco1)C1CC1. The van der Waals surface area contributed by atoms with Crippen molar-refractivity contribution in [2.24, 2.45) is 11.1 Å². The standard InChI is InChI=1S/C15H26N2O/c1-14(2,15(3,4)16)11-17(12-7-8-12)10-13-6-5-9-18-13/h5-6,9,12H,7-8,10-11,16H2,1-4H3. The third-order valence-corrected chi connectivity index (χ3v) is 4.34. The Bertz CT molecular complexity index is 372. The van der Waals surface area contributed by atoms with Gasteiger partial charge in [0.15, 0.2) is 0 Å². The van der Waals surface area contributed by atoms with E-state index in [4.69, 9.17) is 10.2 Å². The minimum Gasteiger partial charge on any atom is -0.468 e. The van der Waals surface area contributed by atoms with Crippen molar-refractivity contribution in [3.63, 3.8) is 0 Å². The quantitative estimate of drug-likeness (QED) is 0.844. The lowest BCUT2D eigenvalue weighted by molar-refractivity contribution is 0.0977. The molecule has 1 heterocycles. The molecule has 1 aliphatic rings. The molecule has 0 atom stereocenters. The molecule has 1 saturated carbocycles. The molecule has 0 unspecified atom stereocenters. The van der Waals surface area contributed by atoms with Gasteiger partial charge in [0.2, 0.25) is 0 Å². The van der Waals surface area contributed by atoms with E-state index >= 15 is 0 Å². The fraction of sp³-hybridized carbons (Fsp3) is 0.733. The minimum absolute atomic E-state index is 0.0855. The fourth-order valence-corrected chi connectivity index (χ4v) is 2.07. The van der Waals surface area contributed by atoms with Crippen LogP contribution in [-0.4, -0.2) is 23.0 Å². The summed E-state index contributed by atoms with van der Waals surface area (Å²) in [5, 5.41) is 0. The zero-order valence-corrected chi connectivity index (χ0v) is 12.1. The lowest BCUT2D eigenvalue weighted by Gasteiger charge is -2.42. The highest BCUT2D eigenvalue weighted by Crippen LogP contribution is 2.35. The highest BCUT2D eigenvalue weighted by molar-refractivity contribution is 5.02. The maximum atomic E-state index is 6.31. The first kappa shape index (κ1) is 13.6. The molecule has 1 aliphatic carbocycles. The molecule has 1 aromatic rings. The monoisotopic (exact) mass is 250 g/mol. The molecular weight excluding hydrogens is 224 g/mol. The van der Waals surface area contributed by atoms with Crippen LogP contribution in [0.2, 0.25) is 0 Å². The predicted octanol–water partition coefficient (Wildman–Crippen LogP) is 3.01. The van der Waals surface area contributed by atoms with Crippen LogP contribution in [0.15, 0.2) is 22.8 Å². The Kier molecular flexibility index (Phi) is 3.56. The van der Waals surface area contributed by atoms with Crippen LogP contribution in [0, 0.1) is 5.41 Å². The van der Waals surface area contributed by atoms with Crippen molar-refractivity contribution in [3.8, 4) is 0 Å². The molecule has 0 radical (unpaired) electrons. The molecule has 3 heteroatoms. The Morgan fingerprint density at radius 2 is 2.00 bits per heavy atom. The van der Waals surface area contributed by atoms with Gasteiger partial charge in [-0.3, -0.25) is 4.90 Å². The van der Waals surface area contributed by atoms with E-state index in [1.165, 1.54) is 12.8 Å². The maximum Gasteiger partial charge on any atom is 0.117 e. The van der Waals surface area contributed by atoms with Crippen LogP contribution < -0.4 is 5.73 Å². The van der Waals surface area contributed by atoms with E-state index in [0.29, 0.717) is 0 Å². The Labute approximate surface area is 110 Å². The third-order valence-electron chi connectivity index (χ3n) is 4.34. The zero-order chi connectivity index (χ0) is 13.4. The molecule has 1 aromatic heterocycles. The van der Waals surface area contributed by atoms with Crippen LogP contribution in [0.25, 0.3) is 0 Å². The second-order valence-corrected chi connectivity index (χ2v) is 6.82. The molecule has 0 amide bonds. The molecule has 2 rings (SSSR count). The molecular formula is C15H26N2O. The molecule has 0 spiro atoms. The van der Waals surface area contributed by atoms with Crippen molar-refractivity contribution in [1.82, 2.24) is 4.90 Å². The fourth-order valence-electron chi connectivity index (χ4n) is 2.07. The van der Waals surface area contributed by atoms with E-state index in [1.54, 1.807) is 6.26 Å². The molecule has 18 heavy (non-hydrogen) atoms. The van der Waals surface area contributed by atoms with Crippen molar-refractivity contribution in [2.75, 3.05) is 6.54 Å². The highest BCUT2D eigenvalue weighted by atomic mass is 16.3. The molecule has 0 aliphatic heterocycles. The number of hydrogen-bond donors (Lipinski definition) is 1. The predicted molar refractivity (Wildman–Crippen MR) is 74.2 cm³/mol. The van der Waals surface area contributed by atoms with Gasteiger partial charge in [0.05, 0.1) is 12.8 Å². The number of nitrogens with zero attached hydrogens (tertiary/aromatic N) is 1. The summed E-state index contributed by atoms with van der Waals surface area (Å²) in [5.41, 5.74) is 6.21. The largest absolute Gasteiger partial charge is 0.468 e. The van der Waals surface area contributed by atoms with Gasteiger partial charge < -0.3 is 10.2 Å². The summed E-state index contributed by atoms with van der Waals surface area (Å²) in [6.07, 6.45) is 4.36. The topological polar surface area (TPSA) is 42.4 Å². The number of rotatable bonds is 6. The lowest BCUT2D eigenvalue weighted by atomic mass is 9.75. The van der Waals surface area contributed by atoms with Crippen molar-refractivity contribution >= 4 is 0 Å². The van der Waals surface area contributed by atoms with Gasteiger partial charge in [-0.05, 0) is 44.2 Å². The molecule has 0 saturated heterocycles. The van der Waals surface area contributed by atoms with E-state index in [1.807, 2.05) is 6.07 Å². The van der Waals surface area contributed by atoms with Gasteiger partial charge in [0.1, 0.15) is 5.76 Å². The van der Waals surface area contributed by atoms with Gasteiger partial charge in [-0.1, -0.05) is 13.8 Å². The summed E-state index contributed by atoms with van der Waals surface area (Å²) < 4.78 is 5.47. The second kappa shape index (κ2) is 4.71. The van der Waals surface area contributed by atoms with E-state index < -0.39 is 0 Å². The average Bonchev–Trinajstić information content (AvgIpc) is 2.95. The Morgan fingerprint density at radius 1 is 1.33 bits per heavy atom. The molecule has 0 aromatic carbocycles. The average molecular weight is 250 g/mol. The van der Waals surface area contributed by atoms with Gasteiger partial charge >= 0.3 is 0 Å². The molecule has 3 nitrogen and oxygen atoms in total. The van der Waals surface area contributed by atoms with Gasteiger partial charge in [-0.15, -0.1) is 0 Å². The van der Waals surface area contributed by atoms with E-state index in [2.05, 4.69) is 38.7 Å². The van der Waals surface area contributed by atoms with E-state index in [-0.39, 0.29) is 11.0 Å². The summed E-state index contributed by atoms with van der Waals surface area (Å²) in [6, 6.07) is 4.73. The van der Waals surface area contributed by atoms with Crippen molar-refractivity contribution in [1.29, 1.82) is 0 Å². The summed E-state index contributed by atoms with van der Waals surface area (Å²) in [5.74, 6) is 1.05. The summed E-state index contributed by atoms with van der Waals surface area (Å²) >= 11 is 0. The van der Waals surface area contributed by atoms with Crippen LogP contribution in [-0.2, 0) is 6.54 Å². The van der Waals surface area contributed by atoms with E-state index in [9.17, 15) is 0 Å². The number of furan rings is 1. The number of hydrogen-bond acceptors (Lipinski definition) is 3. The summed E-state index contributed by atoms with van der Waals surface area (Å²) in [6.45, 7) is 10.7. The van der Waals surface area contributed by atoms with Crippen molar-refractivity contribution in [2.45, 2.75) is 58.7 Å². The highest BCUT2D eigenvalue weighted by Gasteiger charge is 2.39. The molecule has 1 fully saturated rings. The first-order valence-corrected chi connectivity index (χ1v) is 6.85. The third kappa shape index (κ3) is 3.15. The van der Waals surface area contributed by atoms with Crippen molar-refractivity contribution < 1.29 is 4.42 Å². The van der Waals surface area contributed by atoms with Crippen LogP contribution in [0.4, 0.5) is 0 Å². The number of nitrogens with two attached hydrogens (primary N) is 1. The van der Waals surface area contributed by atoms with Crippen LogP contribution >= 0.6 is 0 Å². The van der Waals surface area contributed by atoms with E-state index in [0.717, 1.165) is 24.9 Å². The van der Waals surface area contributed by atoms with Gasteiger partial charge in [-0.2, -0.15) is 0 Å². The molecule has 0 bridgehead atoms. The van der Waals surface area contributed by atoms with Gasteiger partial charge in [0.25, 0.3) is 0 Å². The van der Waals surface area contributed by atoms with Gasteiger partial charge in [0, 0.05) is 18.1 Å². The smallest absolute Gasteiger partial charge is 0.117 e. The lowest BCUT2D eigenvalue weighted by Crippen LogP contribution is -2.53. The maximum absolute atomic E-state index is 6.31. The zero-order valence-electron chi connectivity index (χ0n) is 12.1. The van der Waals surface area contributed by atoms with Gasteiger partial charge in [-0.25, -0.2) is 0 Å².